The van der Waals surface area contributed by atoms with Crippen molar-refractivity contribution in [2.24, 2.45) is 11.7 Å². The molecule has 1 amide bonds. The van der Waals surface area contributed by atoms with Gasteiger partial charge in [0.15, 0.2) is 0 Å². The number of piperidine rings is 1. The van der Waals surface area contributed by atoms with Crippen LogP contribution in [0.5, 0.6) is 0 Å². The van der Waals surface area contributed by atoms with Gasteiger partial charge in [0.25, 0.3) is 0 Å². The molecular formula is C13H26N2O2. The third-order valence-corrected chi connectivity index (χ3v) is 3.68. The van der Waals surface area contributed by atoms with E-state index >= 15 is 0 Å². The lowest BCUT2D eigenvalue weighted by Crippen LogP contribution is -2.46. The van der Waals surface area contributed by atoms with Crippen molar-refractivity contribution in [3.05, 3.63) is 0 Å². The second kappa shape index (κ2) is 6.97. The minimum Gasteiger partial charge on any atom is -0.396 e. The lowest BCUT2D eigenvalue weighted by atomic mass is 9.96. The Labute approximate surface area is 104 Å². The van der Waals surface area contributed by atoms with Crippen LogP contribution in [0.3, 0.4) is 0 Å². The molecule has 0 saturated carbocycles. The number of hydrogen-bond acceptors (Lipinski definition) is 3. The van der Waals surface area contributed by atoms with Gasteiger partial charge in [0, 0.05) is 31.7 Å². The Hall–Kier alpha value is -0.610. The molecule has 1 aliphatic rings. The van der Waals surface area contributed by atoms with Gasteiger partial charge in [-0.25, -0.2) is 0 Å². The first-order valence-electron chi connectivity index (χ1n) is 6.72. The Bertz CT molecular complexity index is 242. The van der Waals surface area contributed by atoms with Gasteiger partial charge in [-0.2, -0.15) is 0 Å². The fourth-order valence-electron chi connectivity index (χ4n) is 2.33. The molecule has 1 saturated heterocycles. The summed E-state index contributed by atoms with van der Waals surface area (Å²) in [5.74, 6) is 0.490. The summed E-state index contributed by atoms with van der Waals surface area (Å²) in [6.45, 7) is 5.07. The van der Waals surface area contributed by atoms with Crippen molar-refractivity contribution in [1.29, 1.82) is 0 Å². The first kappa shape index (κ1) is 14.5. The summed E-state index contributed by atoms with van der Waals surface area (Å²) in [7, 11) is 0. The van der Waals surface area contributed by atoms with E-state index in [-0.39, 0.29) is 24.6 Å². The van der Waals surface area contributed by atoms with Gasteiger partial charge in [-0.15, -0.1) is 0 Å². The molecule has 100 valence electrons. The minimum absolute atomic E-state index is 0.0563. The van der Waals surface area contributed by atoms with E-state index in [1.807, 2.05) is 18.7 Å². The summed E-state index contributed by atoms with van der Waals surface area (Å²) in [6, 6.07) is 0.166. The molecule has 1 fully saturated rings. The average Bonchev–Trinajstić information content (AvgIpc) is 2.29. The van der Waals surface area contributed by atoms with Crippen LogP contribution in [0, 0.1) is 5.92 Å². The molecule has 0 aliphatic carbocycles. The molecule has 2 unspecified atom stereocenters. The molecule has 0 bridgehead atoms. The highest BCUT2D eigenvalue weighted by Gasteiger charge is 2.27. The fraction of sp³-hybridized carbons (Fsp3) is 0.923. The van der Waals surface area contributed by atoms with Gasteiger partial charge in [0.05, 0.1) is 0 Å². The fourth-order valence-corrected chi connectivity index (χ4v) is 2.33. The Morgan fingerprint density at radius 1 is 1.47 bits per heavy atom. The van der Waals surface area contributed by atoms with E-state index in [1.54, 1.807) is 0 Å². The van der Waals surface area contributed by atoms with Crippen LogP contribution in [0.1, 0.15) is 46.0 Å². The van der Waals surface area contributed by atoms with Crippen LogP contribution in [0.4, 0.5) is 0 Å². The highest BCUT2D eigenvalue weighted by Crippen LogP contribution is 2.21. The molecule has 3 N–H and O–H groups in total. The molecule has 0 aromatic carbocycles. The smallest absolute Gasteiger partial charge is 0.224 e. The van der Waals surface area contributed by atoms with Crippen molar-refractivity contribution >= 4 is 5.91 Å². The summed E-state index contributed by atoms with van der Waals surface area (Å²) in [5.41, 5.74) is 5.95. The number of amides is 1. The quantitative estimate of drug-likeness (QED) is 0.759. The summed E-state index contributed by atoms with van der Waals surface area (Å²) >= 11 is 0. The summed E-state index contributed by atoms with van der Waals surface area (Å²) < 4.78 is 0. The summed E-state index contributed by atoms with van der Waals surface area (Å²) in [6.07, 6.45) is 4.38. The number of aliphatic hydroxyl groups is 1. The number of rotatable bonds is 5. The van der Waals surface area contributed by atoms with Gasteiger partial charge in [-0.1, -0.05) is 13.8 Å². The number of nitrogens with two attached hydrogens (primary N) is 1. The van der Waals surface area contributed by atoms with E-state index in [0.29, 0.717) is 18.8 Å². The van der Waals surface area contributed by atoms with Gasteiger partial charge in [0.2, 0.25) is 5.91 Å². The third kappa shape index (κ3) is 4.28. The number of hydrogen-bond donors (Lipinski definition) is 2. The molecular weight excluding hydrogens is 216 g/mol. The number of carbonyl (C=O) groups is 1. The third-order valence-electron chi connectivity index (χ3n) is 3.68. The lowest BCUT2D eigenvalue weighted by molar-refractivity contribution is -0.135. The first-order valence-corrected chi connectivity index (χ1v) is 6.72. The normalized spacial score (nSPS) is 22.9. The molecule has 4 heteroatoms. The Kier molecular flexibility index (Phi) is 5.92. The average molecular weight is 242 g/mol. The Morgan fingerprint density at radius 3 is 2.76 bits per heavy atom. The van der Waals surface area contributed by atoms with Crippen LogP contribution in [-0.2, 0) is 4.79 Å². The molecule has 0 aromatic rings. The van der Waals surface area contributed by atoms with E-state index in [0.717, 1.165) is 25.8 Å². The maximum absolute atomic E-state index is 12.2. The predicted octanol–water partition coefficient (Wildman–Crippen LogP) is 1.12. The van der Waals surface area contributed by atoms with E-state index in [2.05, 4.69) is 0 Å². The zero-order valence-electron chi connectivity index (χ0n) is 11.1. The largest absolute Gasteiger partial charge is 0.396 e. The highest BCUT2D eigenvalue weighted by atomic mass is 16.3. The maximum Gasteiger partial charge on any atom is 0.224 e. The van der Waals surface area contributed by atoms with Crippen LogP contribution in [0.15, 0.2) is 0 Å². The molecule has 17 heavy (non-hydrogen) atoms. The predicted molar refractivity (Wildman–Crippen MR) is 68.5 cm³/mol. The molecule has 4 nitrogen and oxygen atoms in total. The summed E-state index contributed by atoms with van der Waals surface area (Å²) in [5, 5.41) is 9.03. The van der Waals surface area contributed by atoms with Crippen molar-refractivity contribution < 1.29 is 9.90 Å². The van der Waals surface area contributed by atoms with Crippen molar-refractivity contribution in [1.82, 2.24) is 4.90 Å². The zero-order valence-corrected chi connectivity index (χ0v) is 11.1. The van der Waals surface area contributed by atoms with Crippen molar-refractivity contribution in [3.63, 3.8) is 0 Å². The van der Waals surface area contributed by atoms with Gasteiger partial charge in [-0.3, -0.25) is 4.79 Å². The SMILES string of the molecule is CC(C)C(N)CC(=O)N1CCCCC1CCO. The van der Waals surface area contributed by atoms with Crippen molar-refractivity contribution in [2.45, 2.75) is 58.0 Å². The molecule has 0 radical (unpaired) electrons. The maximum atomic E-state index is 12.2. The number of likely N-dealkylation sites (tertiary alicyclic amines) is 1. The van der Waals surface area contributed by atoms with E-state index in [9.17, 15) is 4.79 Å². The molecule has 1 rings (SSSR count). The molecule has 1 heterocycles. The van der Waals surface area contributed by atoms with Gasteiger partial charge in [-0.05, 0) is 31.6 Å². The molecule has 2 atom stereocenters. The van der Waals surface area contributed by atoms with Crippen LogP contribution in [0.2, 0.25) is 0 Å². The topological polar surface area (TPSA) is 66.6 Å². The first-order chi connectivity index (χ1) is 8.06. The van der Waals surface area contributed by atoms with E-state index < -0.39 is 0 Å². The Balaban J connectivity index is 2.52. The lowest BCUT2D eigenvalue weighted by Gasteiger charge is -2.36. The highest BCUT2D eigenvalue weighted by molar-refractivity contribution is 5.77. The van der Waals surface area contributed by atoms with Crippen molar-refractivity contribution in [3.8, 4) is 0 Å². The van der Waals surface area contributed by atoms with Crippen molar-refractivity contribution in [2.75, 3.05) is 13.2 Å². The molecule has 1 aliphatic heterocycles. The summed E-state index contributed by atoms with van der Waals surface area (Å²) in [4.78, 5) is 14.1. The van der Waals surface area contributed by atoms with Crippen LogP contribution in [0.25, 0.3) is 0 Å². The number of nitrogens with zero attached hydrogens (tertiary/aromatic N) is 1. The molecule has 0 aromatic heterocycles. The number of carbonyl (C=O) groups excluding carboxylic acids is 1. The Morgan fingerprint density at radius 2 is 2.18 bits per heavy atom. The van der Waals surface area contributed by atoms with Gasteiger partial charge in [0.1, 0.15) is 0 Å². The molecule has 0 spiro atoms. The second-order valence-electron chi connectivity index (χ2n) is 5.36. The van der Waals surface area contributed by atoms with Gasteiger partial charge >= 0.3 is 0 Å². The second-order valence-corrected chi connectivity index (χ2v) is 5.36. The number of aliphatic hydroxyl groups excluding tert-OH is 1. The van der Waals surface area contributed by atoms with Crippen LogP contribution >= 0.6 is 0 Å². The standard InChI is InChI=1S/C13H26N2O2/c1-10(2)12(14)9-13(17)15-7-4-3-5-11(15)6-8-16/h10-12,16H,3-9,14H2,1-2H3. The van der Waals surface area contributed by atoms with E-state index in [4.69, 9.17) is 10.8 Å². The van der Waals surface area contributed by atoms with Gasteiger partial charge < -0.3 is 15.7 Å². The monoisotopic (exact) mass is 242 g/mol. The van der Waals surface area contributed by atoms with E-state index in [1.165, 1.54) is 0 Å². The van der Waals surface area contributed by atoms with Crippen LogP contribution in [-0.4, -0.2) is 41.1 Å². The van der Waals surface area contributed by atoms with Crippen LogP contribution < -0.4 is 5.73 Å². The zero-order chi connectivity index (χ0) is 12.8. The minimum atomic E-state index is -0.0563.